The van der Waals surface area contributed by atoms with E-state index in [2.05, 4.69) is 0 Å². The minimum Gasteiger partial charge on any atom is -0.0776 e. The molecule has 0 aromatic rings. The Hall–Kier alpha value is 0. The lowest BCUT2D eigenvalue weighted by atomic mass is 10.0. The van der Waals surface area contributed by atoms with Crippen molar-refractivity contribution in [2.24, 2.45) is 0 Å². The van der Waals surface area contributed by atoms with Crippen LogP contribution in [-0.4, -0.2) is 0 Å². The number of hydrogen-bond donors (Lipinski definition) is 0. The van der Waals surface area contributed by atoms with Gasteiger partial charge in [-0.3, -0.25) is 0 Å². The molecule has 0 spiro atoms. The van der Waals surface area contributed by atoms with Crippen molar-refractivity contribution >= 4 is 0 Å². The molecule has 0 bridgehead atoms. The first-order valence-electron chi connectivity index (χ1n) is 3.00. The first-order valence-corrected chi connectivity index (χ1v) is 3.00. The molecular formula is C7H18. The number of hydrogen-bond acceptors (Lipinski definition) is 0. The van der Waals surface area contributed by atoms with Gasteiger partial charge in [0.05, 0.1) is 0 Å². The molecule has 0 atom stereocenters. The van der Waals surface area contributed by atoms with E-state index >= 15 is 0 Å². The Morgan fingerprint density at radius 2 is 0.857 bits per heavy atom. The summed E-state index contributed by atoms with van der Waals surface area (Å²) in [5, 5.41) is 0. The van der Waals surface area contributed by atoms with Crippen LogP contribution in [0.1, 0.15) is 47.0 Å². The molecular weight excluding hydrogens is 84.1 g/mol. The normalized spacial score (nSPS) is 14.6. The van der Waals surface area contributed by atoms with E-state index in [9.17, 15) is 0 Å². The molecule has 0 nitrogen and oxygen atoms in total. The summed E-state index contributed by atoms with van der Waals surface area (Å²) in [6.45, 7) is 4.00. The fourth-order valence-corrected chi connectivity index (χ4v) is 0.250. The van der Waals surface area contributed by atoms with Crippen molar-refractivity contribution in [2.45, 2.75) is 47.0 Å². The van der Waals surface area contributed by atoms with E-state index in [1.54, 1.807) is 0 Å². The molecule has 1 rings (SSSR count). The monoisotopic (exact) mass is 102 g/mol. The van der Waals surface area contributed by atoms with Crippen molar-refractivity contribution in [1.82, 2.24) is 0 Å². The molecule has 0 saturated heterocycles. The van der Waals surface area contributed by atoms with Gasteiger partial charge in [-0.25, -0.2) is 0 Å². The molecule has 0 aromatic carbocycles. The number of rotatable bonds is 0. The lowest BCUT2D eigenvalue weighted by molar-refractivity contribution is 0.504. The predicted molar refractivity (Wildman–Crippen MR) is 36.5 cm³/mol. The van der Waals surface area contributed by atoms with Crippen LogP contribution in [-0.2, 0) is 0 Å². The highest BCUT2D eigenvalue weighted by Crippen LogP contribution is 2.15. The SMILES string of the molecule is C.C1CCC1.CC. The molecule has 46 valence electrons. The summed E-state index contributed by atoms with van der Waals surface area (Å²) in [5.41, 5.74) is 0. The summed E-state index contributed by atoms with van der Waals surface area (Å²) in [6, 6.07) is 0. The molecule has 0 aromatic heterocycles. The smallest absolute Gasteiger partial charge is 0.0533 e. The molecule has 0 heterocycles. The second-order valence-corrected chi connectivity index (χ2v) is 1.41. The van der Waals surface area contributed by atoms with Crippen molar-refractivity contribution in [3.63, 3.8) is 0 Å². The first-order chi connectivity index (χ1) is 3.00. The molecule has 0 unspecified atom stereocenters. The van der Waals surface area contributed by atoms with Crippen molar-refractivity contribution < 1.29 is 0 Å². The van der Waals surface area contributed by atoms with Gasteiger partial charge >= 0.3 is 0 Å². The van der Waals surface area contributed by atoms with Gasteiger partial charge in [0.2, 0.25) is 0 Å². The third-order valence-electron chi connectivity index (χ3n) is 1.000. The van der Waals surface area contributed by atoms with Gasteiger partial charge in [-0.1, -0.05) is 47.0 Å². The van der Waals surface area contributed by atoms with Gasteiger partial charge < -0.3 is 0 Å². The van der Waals surface area contributed by atoms with E-state index in [1.807, 2.05) is 13.8 Å². The quantitative estimate of drug-likeness (QED) is 0.440. The molecule has 1 aliphatic carbocycles. The van der Waals surface area contributed by atoms with E-state index in [0.717, 1.165) is 0 Å². The Morgan fingerprint density at radius 3 is 0.857 bits per heavy atom. The van der Waals surface area contributed by atoms with Crippen molar-refractivity contribution in [1.29, 1.82) is 0 Å². The zero-order valence-corrected chi connectivity index (χ0v) is 4.83. The lowest BCUT2D eigenvalue weighted by Gasteiger charge is -2.05. The van der Waals surface area contributed by atoms with Gasteiger partial charge in [0.25, 0.3) is 0 Å². The first kappa shape index (κ1) is 10.1. The Morgan fingerprint density at radius 1 is 0.714 bits per heavy atom. The van der Waals surface area contributed by atoms with Gasteiger partial charge in [0.1, 0.15) is 0 Å². The van der Waals surface area contributed by atoms with Gasteiger partial charge in [-0.15, -0.1) is 0 Å². The summed E-state index contributed by atoms with van der Waals surface area (Å²) in [5.74, 6) is 0. The van der Waals surface area contributed by atoms with Gasteiger partial charge in [0.15, 0.2) is 0 Å². The Kier molecular flexibility index (Phi) is 13.5. The topological polar surface area (TPSA) is 0 Å². The maximum absolute atomic E-state index is 2.00. The molecule has 0 amide bonds. The molecule has 7 heavy (non-hydrogen) atoms. The fourth-order valence-electron chi connectivity index (χ4n) is 0.250. The third-order valence-corrected chi connectivity index (χ3v) is 1.000. The maximum Gasteiger partial charge on any atom is -0.0533 e. The average Bonchev–Trinajstić information content (AvgIpc) is 1.36. The summed E-state index contributed by atoms with van der Waals surface area (Å²) in [7, 11) is 0. The lowest BCUT2D eigenvalue weighted by Crippen LogP contribution is -1.85. The zero-order valence-electron chi connectivity index (χ0n) is 4.83. The van der Waals surface area contributed by atoms with Crippen LogP contribution in [0.5, 0.6) is 0 Å². The van der Waals surface area contributed by atoms with Crippen LogP contribution in [0.2, 0.25) is 0 Å². The predicted octanol–water partition coefficient (Wildman–Crippen LogP) is 3.22. The second-order valence-electron chi connectivity index (χ2n) is 1.41. The third kappa shape index (κ3) is 6.00. The van der Waals surface area contributed by atoms with Gasteiger partial charge in [-0.05, 0) is 0 Å². The molecule has 1 aliphatic rings. The van der Waals surface area contributed by atoms with Crippen LogP contribution in [0.25, 0.3) is 0 Å². The molecule has 1 fully saturated rings. The van der Waals surface area contributed by atoms with Crippen LogP contribution in [0.3, 0.4) is 0 Å². The van der Waals surface area contributed by atoms with Crippen molar-refractivity contribution in [3.8, 4) is 0 Å². The fraction of sp³-hybridized carbons (Fsp3) is 1.00. The van der Waals surface area contributed by atoms with Gasteiger partial charge in [0, 0.05) is 0 Å². The Bertz CT molecular complexity index is 8.00. The van der Waals surface area contributed by atoms with Crippen LogP contribution < -0.4 is 0 Å². The molecule has 1 saturated carbocycles. The van der Waals surface area contributed by atoms with E-state index in [0.29, 0.717) is 0 Å². The van der Waals surface area contributed by atoms with E-state index in [4.69, 9.17) is 0 Å². The highest BCUT2D eigenvalue weighted by molar-refractivity contribution is 4.50. The summed E-state index contributed by atoms with van der Waals surface area (Å²) < 4.78 is 0. The molecule has 0 N–H and O–H groups in total. The standard InChI is InChI=1S/C4H8.C2H6.CH4/c1-2-4-3-1;1-2;/h1-4H2;1-2H3;1H4. The van der Waals surface area contributed by atoms with E-state index < -0.39 is 0 Å². The summed E-state index contributed by atoms with van der Waals surface area (Å²) in [6.07, 6.45) is 6.00. The minimum absolute atomic E-state index is 0. The summed E-state index contributed by atoms with van der Waals surface area (Å²) in [4.78, 5) is 0. The van der Waals surface area contributed by atoms with Crippen LogP contribution in [0.4, 0.5) is 0 Å². The molecule has 0 radical (unpaired) electrons. The van der Waals surface area contributed by atoms with Crippen LogP contribution >= 0.6 is 0 Å². The van der Waals surface area contributed by atoms with Crippen LogP contribution in [0, 0.1) is 0 Å². The van der Waals surface area contributed by atoms with Crippen LogP contribution in [0.15, 0.2) is 0 Å². The minimum atomic E-state index is 0. The highest BCUT2D eigenvalue weighted by Gasteiger charge is 1.95. The second kappa shape index (κ2) is 9.38. The van der Waals surface area contributed by atoms with E-state index in [-0.39, 0.29) is 7.43 Å². The Balaban J connectivity index is 0. The summed E-state index contributed by atoms with van der Waals surface area (Å²) >= 11 is 0. The van der Waals surface area contributed by atoms with Gasteiger partial charge in [-0.2, -0.15) is 0 Å². The Labute approximate surface area is 47.9 Å². The maximum atomic E-state index is 2.00. The van der Waals surface area contributed by atoms with Crippen molar-refractivity contribution in [3.05, 3.63) is 0 Å². The average molecular weight is 102 g/mol. The molecule has 0 aliphatic heterocycles. The zero-order chi connectivity index (χ0) is 4.83. The molecule has 0 heteroatoms. The van der Waals surface area contributed by atoms with E-state index in [1.165, 1.54) is 25.7 Å². The highest BCUT2D eigenvalue weighted by atomic mass is 14.0. The van der Waals surface area contributed by atoms with Crippen molar-refractivity contribution in [2.75, 3.05) is 0 Å². The largest absolute Gasteiger partial charge is 0.0776 e.